The number of aryl methyl sites for hydroxylation is 1. The van der Waals surface area contributed by atoms with Crippen molar-refractivity contribution in [1.82, 2.24) is 10.3 Å². The molecule has 1 aromatic heterocycles. The molecule has 0 bridgehead atoms. The van der Waals surface area contributed by atoms with E-state index in [0.717, 1.165) is 17.1 Å². The number of hydrogen-bond donors (Lipinski definition) is 1. The quantitative estimate of drug-likeness (QED) is 0.791. The number of hydrogen-bond acceptors (Lipinski definition) is 5. The molecule has 0 radical (unpaired) electrons. The van der Waals surface area contributed by atoms with E-state index in [1.807, 2.05) is 12.3 Å². The van der Waals surface area contributed by atoms with Crippen molar-refractivity contribution < 1.29 is 14.3 Å². The van der Waals surface area contributed by atoms with Gasteiger partial charge in [-0.1, -0.05) is 19.1 Å². The maximum Gasteiger partial charge on any atom is 0.258 e. The molecule has 1 aromatic carbocycles. The van der Waals surface area contributed by atoms with E-state index >= 15 is 0 Å². The largest absolute Gasteiger partial charge is 0.484 e. The first-order valence-electron chi connectivity index (χ1n) is 7.47. The number of ether oxygens (including phenoxy) is 1. The molecule has 0 spiro atoms. The third kappa shape index (κ3) is 4.89. The zero-order chi connectivity index (χ0) is 16.8. The summed E-state index contributed by atoms with van der Waals surface area (Å²) in [7, 11) is 0. The molecule has 2 aromatic rings. The topological polar surface area (TPSA) is 68.3 Å². The van der Waals surface area contributed by atoms with Crippen molar-refractivity contribution in [2.75, 3.05) is 6.61 Å². The zero-order valence-corrected chi connectivity index (χ0v) is 14.3. The van der Waals surface area contributed by atoms with Gasteiger partial charge >= 0.3 is 0 Å². The van der Waals surface area contributed by atoms with E-state index in [2.05, 4.69) is 17.2 Å². The van der Waals surface area contributed by atoms with Gasteiger partial charge in [-0.15, -0.1) is 11.3 Å². The van der Waals surface area contributed by atoms with E-state index in [-0.39, 0.29) is 24.3 Å². The lowest BCUT2D eigenvalue weighted by Gasteiger charge is -2.12. The molecule has 1 heterocycles. The smallest absolute Gasteiger partial charge is 0.258 e. The average Bonchev–Trinajstić information content (AvgIpc) is 3.02. The number of nitrogens with zero attached hydrogens (tertiary/aromatic N) is 1. The molecule has 0 aliphatic heterocycles. The van der Waals surface area contributed by atoms with Gasteiger partial charge in [-0.3, -0.25) is 9.59 Å². The maximum atomic E-state index is 12.0. The van der Waals surface area contributed by atoms with Crippen molar-refractivity contribution in [2.24, 2.45) is 0 Å². The van der Waals surface area contributed by atoms with E-state index in [1.54, 1.807) is 35.6 Å². The number of carbonyl (C=O) groups is 2. The second kappa shape index (κ2) is 7.87. The summed E-state index contributed by atoms with van der Waals surface area (Å²) in [6.07, 6.45) is 0.890. The van der Waals surface area contributed by atoms with Gasteiger partial charge in [-0.2, -0.15) is 0 Å². The van der Waals surface area contributed by atoms with Crippen molar-refractivity contribution in [3.05, 3.63) is 45.9 Å². The van der Waals surface area contributed by atoms with Crippen LogP contribution in [0.3, 0.4) is 0 Å². The minimum absolute atomic E-state index is 0.0382. The molecule has 1 N–H and O–H groups in total. The maximum absolute atomic E-state index is 12.0. The third-order valence-corrected chi connectivity index (χ3v) is 4.31. The molecule has 0 fully saturated rings. The number of ketones is 1. The lowest BCUT2D eigenvalue weighted by molar-refractivity contribution is -0.123. The highest BCUT2D eigenvalue weighted by molar-refractivity contribution is 7.09. The molecule has 1 unspecified atom stereocenters. The molecule has 0 aliphatic carbocycles. The number of carbonyl (C=O) groups excluding carboxylic acids is 2. The molecular formula is C17H20N2O3S. The van der Waals surface area contributed by atoms with Gasteiger partial charge in [-0.25, -0.2) is 4.98 Å². The number of rotatable bonds is 7. The van der Waals surface area contributed by atoms with Gasteiger partial charge in [0.25, 0.3) is 5.91 Å². The van der Waals surface area contributed by atoms with Crippen LogP contribution in [0.25, 0.3) is 0 Å². The lowest BCUT2D eigenvalue weighted by atomic mass is 10.1. The van der Waals surface area contributed by atoms with E-state index in [1.165, 1.54) is 6.92 Å². The van der Waals surface area contributed by atoms with Gasteiger partial charge in [0.2, 0.25) is 0 Å². The van der Waals surface area contributed by atoms with E-state index in [4.69, 9.17) is 4.74 Å². The predicted octanol–water partition coefficient (Wildman–Crippen LogP) is 3.16. The highest BCUT2D eigenvalue weighted by Crippen LogP contribution is 2.17. The Bertz CT molecular complexity index is 697. The van der Waals surface area contributed by atoms with Crippen LogP contribution in [0.1, 0.15) is 47.9 Å². The summed E-state index contributed by atoms with van der Waals surface area (Å²) >= 11 is 1.59. The van der Waals surface area contributed by atoms with Crippen LogP contribution in [0.2, 0.25) is 0 Å². The van der Waals surface area contributed by atoms with E-state index in [9.17, 15) is 9.59 Å². The summed E-state index contributed by atoms with van der Waals surface area (Å²) in [5.74, 6) is 0.239. The Morgan fingerprint density at radius 2 is 2.17 bits per heavy atom. The number of benzene rings is 1. The molecule has 5 nitrogen and oxygen atoms in total. The number of thiazole rings is 1. The summed E-state index contributed by atoms with van der Waals surface area (Å²) in [6.45, 7) is 5.33. The average molecular weight is 332 g/mol. The standard InChI is InChI=1S/C17H20N2O3S/c1-4-17-19-15(10-23-17)11(2)18-16(21)9-22-14-7-5-6-13(8-14)12(3)20/h5-8,10-11H,4,9H2,1-3H3,(H,18,21). The van der Waals surface area contributed by atoms with Crippen LogP contribution in [0, 0.1) is 0 Å². The summed E-state index contributed by atoms with van der Waals surface area (Å²) in [5, 5.41) is 5.87. The molecule has 122 valence electrons. The van der Waals surface area contributed by atoms with Gasteiger partial charge in [0.05, 0.1) is 16.7 Å². The van der Waals surface area contributed by atoms with Crippen LogP contribution in [0.4, 0.5) is 0 Å². The Morgan fingerprint density at radius 3 is 2.83 bits per heavy atom. The molecule has 0 aliphatic rings. The monoisotopic (exact) mass is 332 g/mol. The van der Waals surface area contributed by atoms with Crippen LogP contribution in [0.5, 0.6) is 5.75 Å². The molecule has 23 heavy (non-hydrogen) atoms. The first-order chi connectivity index (χ1) is 11.0. The number of amides is 1. The van der Waals surface area contributed by atoms with Gasteiger partial charge in [0.15, 0.2) is 12.4 Å². The van der Waals surface area contributed by atoms with Crippen molar-refractivity contribution in [3.8, 4) is 5.75 Å². The molecular weight excluding hydrogens is 312 g/mol. The summed E-state index contributed by atoms with van der Waals surface area (Å²) in [5.41, 5.74) is 1.42. The zero-order valence-electron chi connectivity index (χ0n) is 13.5. The Balaban J connectivity index is 1.87. The first kappa shape index (κ1) is 17.1. The second-order valence-corrected chi connectivity index (χ2v) is 6.12. The number of Topliss-reactive ketones (excluding diaryl/α,β-unsaturated/α-hetero) is 1. The van der Waals surface area contributed by atoms with Gasteiger partial charge in [0, 0.05) is 10.9 Å². The first-order valence-corrected chi connectivity index (χ1v) is 8.35. The molecule has 0 saturated heterocycles. The van der Waals surface area contributed by atoms with Crippen LogP contribution in [0.15, 0.2) is 29.6 Å². The Hall–Kier alpha value is -2.21. The second-order valence-electron chi connectivity index (χ2n) is 5.18. The van der Waals surface area contributed by atoms with E-state index in [0.29, 0.717) is 11.3 Å². The lowest BCUT2D eigenvalue weighted by Crippen LogP contribution is -2.31. The third-order valence-electron chi connectivity index (χ3n) is 3.30. The normalized spacial score (nSPS) is 11.8. The van der Waals surface area contributed by atoms with Crippen LogP contribution >= 0.6 is 11.3 Å². The summed E-state index contributed by atoms with van der Waals surface area (Å²) < 4.78 is 5.44. The minimum atomic E-state index is -0.225. The van der Waals surface area contributed by atoms with Crippen molar-refractivity contribution in [3.63, 3.8) is 0 Å². The molecule has 1 amide bonds. The Morgan fingerprint density at radius 1 is 1.39 bits per heavy atom. The Labute approximate surface area is 139 Å². The number of nitrogens with one attached hydrogen (secondary N) is 1. The summed E-state index contributed by atoms with van der Waals surface area (Å²) in [4.78, 5) is 27.7. The minimum Gasteiger partial charge on any atom is -0.484 e. The molecule has 0 saturated carbocycles. The molecule has 6 heteroatoms. The van der Waals surface area contributed by atoms with Crippen LogP contribution in [-0.2, 0) is 11.2 Å². The highest BCUT2D eigenvalue weighted by Gasteiger charge is 2.13. The Kier molecular flexibility index (Phi) is 5.87. The predicted molar refractivity (Wildman–Crippen MR) is 90.0 cm³/mol. The fourth-order valence-electron chi connectivity index (χ4n) is 2.00. The van der Waals surface area contributed by atoms with E-state index < -0.39 is 0 Å². The fraction of sp³-hybridized carbons (Fsp3) is 0.353. The van der Waals surface area contributed by atoms with Crippen LogP contribution in [-0.4, -0.2) is 23.3 Å². The number of aromatic nitrogens is 1. The van der Waals surface area contributed by atoms with Crippen molar-refractivity contribution in [2.45, 2.75) is 33.2 Å². The van der Waals surface area contributed by atoms with Gasteiger partial charge in [-0.05, 0) is 32.4 Å². The van der Waals surface area contributed by atoms with Gasteiger partial charge in [0.1, 0.15) is 5.75 Å². The SMILES string of the molecule is CCc1nc(C(C)NC(=O)COc2cccc(C(C)=O)c2)cs1. The fourth-order valence-corrected chi connectivity index (χ4v) is 2.84. The molecule has 1 atom stereocenters. The van der Waals surface area contributed by atoms with Gasteiger partial charge < -0.3 is 10.1 Å². The summed E-state index contributed by atoms with van der Waals surface area (Å²) in [6, 6.07) is 6.63. The highest BCUT2D eigenvalue weighted by atomic mass is 32.1. The van der Waals surface area contributed by atoms with Crippen molar-refractivity contribution in [1.29, 1.82) is 0 Å². The molecule has 2 rings (SSSR count). The van der Waals surface area contributed by atoms with Crippen molar-refractivity contribution >= 4 is 23.0 Å². The van der Waals surface area contributed by atoms with Crippen LogP contribution < -0.4 is 10.1 Å².